The number of ketones is 2. The maximum Gasteiger partial charge on any atom is 0.190 e. The summed E-state index contributed by atoms with van der Waals surface area (Å²) in [6, 6.07) is 0. The summed E-state index contributed by atoms with van der Waals surface area (Å²) in [6.07, 6.45) is 0.421. The molecule has 1 aliphatic rings. The molecule has 0 saturated heterocycles. The van der Waals surface area contributed by atoms with Gasteiger partial charge in [0.05, 0.1) is 17.6 Å². The zero-order chi connectivity index (χ0) is 19.5. The van der Waals surface area contributed by atoms with Crippen LogP contribution in [0.25, 0.3) is 0 Å². The number of Topliss-reactive ketones (excluding diaryl/α,β-unsaturated/α-hetero) is 2. The van der Waals surface area contributed by atoms with Gasteiger partial charge in [-0.25, -0.2) is 0 Å². The second-order valence-corrected chi connectivity index (χ2v) is 8.46. The molecule has 0 aromatic heterocycles. The van der Waals surface area contributed by atoms with E-state index >= 15 is 0 Å². The molecule has 5 heteroatoms. The van der Waals surface area contributed by atoms with E-state index in [0.717, 1.165) is 0 Å². The van der Waals surface area contributed by atoms with Gasteiger partial charge in [-0.3, -0.25) is 9.59 Å². The standard InChI is InChI=1S/C20H34O5/c1-11(2)7-9-14-18(23)16(17(22)13(5)6)19(24)20(14,25)15(21)10-8-12(3)4/h11-14,17,22,24-25H,7-10H2,1-6H3. The first kappa shape index (κ1) is 21.8. The minimum absolute atomic E-state index is 0.0920. The van der Waals surface area contributed by atoms with Crippen LogP contribution in [-0.2, 0) is 9.59 Å². The molecular weight excluding hydrogens is 320 g/mol. The maximum absolute atomic E-state index is 12.8. The Labute approximate surface area is 151 Å². The van der Waals surface area contributed by atoms with Crippen molar-refractivity contribution in [2.75, 3.05) is 0 Å². The Bertz CT molecular complexity index is 532. The molecule has 25 heavy (non-hydrogen) atoms. The van der Waals surface area contributed by atoms with Gasteiger partial charge in [-0.15, -0.1) is 0 Å². The molecule has 0 heterocycles. The van der Waals surface area contributed by atoms with Crippen molar-refractivity contribution in [2.45, 2.75) is 78.9 Å². The molecule has 1 rings (SSSR count). The molecule has 3 unspecified atom stereocenters. The fourth-order valence-corrected chi connectivity index (χ4v) is 3.26. The predicted octanol–water partition coefficient (Wildman–Crippen LogP) is 3.19. The zero-order valence-corrected chi connectivity index (χ0v) is 16.4. The average molecular weight is 354 g/mol. The van der Waals surface area contributed by atoms with Crippen molar-refractivity contribution in [3.63, 3.8) is 0 Å². The van der Waals surface area contributed by atoms with Gasteiger partial charge < -0.3 is 15.3 Å². The highest BCUT2D eigenvalue weighted by Crippen LogP contribution is 2.43. The van der Waals surface area contributed by atoms with Crippen molar-refractivity contribution in [1.29, 1.82) is 0 Å². The lowest BCUT2D eigenvalue weighted by Crippen LogP contribution is -2.47. The Morgan fingerprint density at radius 3 is 2.04 bits per heavy atom. The van der Waals surface area contributed by atoms with Crippen LogP contribution in [0.4, 0.5) is 0 Å². The van der Waals surface area contributed by atoms with Gasteiger partial charge in [0.25, 0.3) is 0 Å². The van der Waals surface area contributed by atoms with E-state index in [1.165, 1.54) is 0 Å². The fraction of sp³-hybridized carbons (Fsp3) is 0.800. The lowest BCUT2D eigenvalue weighted by molar-refractivity contribution is -0.145. The van der Waals surface area contributed by atoms with E-state index in [0.29, 0.717) is 25.2 Å². The molecule has 0 bridgehead atoms. The Morgan fingerprint density at radius 2 is 1.60 bits per heavy atom. The number of aliphatic hydroxyl groups excluding tert-OH is 2. The second kappa shape index (κ2) is 8.45. The van der Waals surface area contributed by atoms with E-state index in [2.05, 4.69) is 0 Å². The first-order valence-electron chi connectivity index (χ1n) is 9.36. The van der Waals surface area contributed by atoms with Crippen LogP contribution < -0.4 is 0 Å². The number of carbonyl (C=O) groups is 2. The van der Waals surface area contributed by atoms with Crippen molar-refractivity contribution in [3.8, 4) is 0 Å². The summed E-state index contributed by atoms with van der Waals surface area (Å²) in [6.45, 7) is 11.4. The van der Waals surface area contributed by atoms with Crippen molar-refractivity contribution >= 4 is 11.6 Å². The van der Waals surface area contributed by atoms with Crippen molar-refractivity contribution < 1.29 is 24.9 Å². The van der Waals surface area contributed by atoms with E-state index in [4.69, 9.17) is 0 Å². The predicted molar refractivity (Wildman–Crippen MR) is 97.1 cm³/mol. The van der Waals surface area contributed by atoms with Gasteiger partial charge in [-0.05, 0) is 30.6 Å². The molecule has 0 fully saturated rings. The van der Waals surface area contributed by atoms with Crippen LogP contribution in [0.15, 0.2) is 11.3 Å². The number of aliphatic hydroxyl groups is 3. The summed E-state index contributed by atoms with van der Waals surface area (Å²) in [4.78, 5) is 25.6. The number of hydrogen-bond donors (Lipinski definition) is 3. The summed E-state index contributed by atoms with van der Waals surface area (Å²) in [5.74, 6) is -2.43. The SMILES string of the molecule is CC(C)CCC(=O)C1(O)C(O)=C(C(O)C(C)C)C(=O)C1CCC(C)C. The highest BCUT2D eigenvalue weighted by molar-refractivity contribution is 6.09. The van der Waals surface area contributed by atoms with Crippen molar-refractivity contribution in [1.82, 2.24) is 0 Å². The number of hydrogen-bond acceptors (Lipinski definition) is 5. The molecule has 3 atom stereocenters. The number of rotatable bonds is 9. The van der Waals surface area contributed by atoms with Crippen LogP contribution in [-0.4, -0.2) is 38.6 Å². The third-order valence-corrected chi connectivity index (χ3v) is 5.04. The lowest BCUT2D eigenvalue weighted by atomic mass is 9.79. The summed E-state index contributed by atoms with van der Waals surface area (Å²) in [5.41, 5.74) is -2.39. The molecule has 0 aromatic carbocycles. The van der Waals surface area contributed by atoms with Gasteiger partial charge in [0.2, 0.25) is 0 Å². The topological polar surface area (TPSA) is 94.8 Å². The van der Waals surface area contributed by atoms with Crippen LogP contribution in [0.3, 0.4) is 0 Å². The van der Waals surface area contributed by atoms with E-state index in [1.807, 2.05) is 27.7 Å². The Hall–Kier alpha value is -1.20. The third-order valence-electron chi connectivity index (χ3n) is 5.04. The second-order valence-electron chi connectivity index (χ2n) is 8.46. The molecule has 5 nitrogen and oxygen atoms in total. The van der Waals surface area contributed by atoms with E-state index in [9.17, 15) is 24.9 Å². The molecule has 0 aromatic rings. The highest BCUT2D eigenvalue weighted by Gasteiger charge is 2.58. The zero-order valence-electron chi connectivity index (χ0n) is 16.4. The highest BCUT2D eigenvalue weighted by atomic mass is 16.4. The van der Waals surface area contributed by atoms with Crippen LogP contribution in [0.5, 0.6) is 0 Å². The minimum atomic E-state index is -2.20. The molecule has 0 aliphatic heterocycles. The molecule has 0 saturated carbocycles. The minimum Gasteiger partial charge on any atom is -0.508 e. The summed E-state index contributed by atoms with van der Waals surface area (Å²) < 4.78 is 0. The average Bonchev–Trinajstić information content (AvgIpc) is 2.69. The van der Waals surface area contributed by atoms with E-state index in [1.54, 1.807) is 13.8 Å². The Morgan fingerprint density at radius 1 is 1.08 bits per heavy atom. The molecule has 0 amide bonds. The summed E-state index contributed by atoms with van der Waals surface area (Å²) in [5, 5.41) is 32.0. The Balaban J connectivity index is 3.27. The summed E-state index contributed by atoms with van der Waals surface area (Å²) in [7, 11) is 0. The van der Waals surface area contributed by atoms with Crippen molar-refractivity contribution in [3.05, 3.63) is 11.3 Å². The van der Waals surface area contributed by atoms with Crippen LogP contribution in [0.1, 0.15) is 67.2 Å². The van der Waals surface area contributed by atoms with Gasteiger partial charge in [-0.2, -0.15) is 0 Å². The smallest absolute Gasteiger partial charge is 0.190 e. The van der Waals surface area contributed by atoms with Gasteiger partial charge in [0, 0.05) is 6.42 Å². The van der Waals surface area contributed by atoms with Crippen LogP contribution in [0.2, 0.25) is 0 Å². The first-order chi connectivity index (χ1) is 11.4. The molecule has 3 N–H and O–H groups in total. The van der Waals surface area contributed by atoms with Gasteiger partial charge >= 0.3 is 0 Å². The molecular formula is C20H34O5. The Kier molecular flexibility index (Phi) is 7.39. The van der Waals surface area contributed by atoms with E-state index < -0.39 is 34.9 Å². The van der Waals surface area contributed by atoms with Crippen LogP contribution in [0, 0.1) is 23.7 Å². The van der Waals surface area contributed by atoms with E-state index in [-0.39, 0.29) is 23.8 Å². The quantitative estimate of drug-likeness (QED) is 0.591. The lowest BCUT2D eigenvalue weighted by Gasteiger charge is -2.29. The van der Waals surface area contributed by atoms with Gasteiger partial charge in [0.15, 0.2) is 17.2 Å². The van der Waals surface area contributed by atoms with Gasteiger partial charge in [0.1, 0.15) is 5.76 Å². The van der Waals surface area contributed by atoms with Gasteiger partial charge in [-0.1, -0.05) is 48.0 Å². The van der Waals surface area contributed by atoms with Crippen LogP contribution >= 0.6 is 0 Å². The summed E-state index contributed by atoms with van der Waals surface area (Å²) >= 11 is 0. The molecule has 144 valence electrons. The molecule has 0 spiro atoms. The fourth-order valence-electron chi connectivity index (χ4n) is 3.26. The number of carbonyl (C=O) groups excluding carboxylic acids is 2. The monoisotopic (exact) mass is 354 g/mol. The first-order valence-corrected chi connectivity index (χ1v) is 9.36. The normalized spacial score (nSPS) is 25.6. The molecule has 1 aliphatic carbocycles. The van der Waals surface area contributed by atoms with Crippen molar-refractivity contribution in [2.24, 2.45) is 23.7 Å². The maximum atomic E-state index is 12.8. The largest absolute Gasteiger partial charge is 0.508 e. The molecule has 0 radical (unpaired) electrons. The third kappa shape index (κ3) is 4.50.